The summed E-state index contributed by atoms with van der Waals surface area (Å²) in [7, 11) is 0. The van der Waals surface area contributed by atoms with Crippen molar-refractivity contribution in [2.75, 3.05) is 4.90 Å². The molecule has 0 radical (unpaired) electrons. The normalized spacial score (nSPS) is 11.4. The molecule has 0 aliphatic rings. The lowest BCUT2D eigenvalue weighted by Gasteiger charge is -2.31. The van der Waals surface area contributed by atoms with Gasteiger partial charge in [-0.15, -0.1) is 0 Å². The number of anilines is 3. The fourth-order valence-electron chi connectivity index (χ4n) is 8.80. The van der Waals surface area contributed by atoms with Crippen molar-refractivity contribution < 1.29 is 4.42 Å². The molecule has 1 aromatic heterocycles. The van der Waals surface area contributed by atoms with Gasteiger partial charge in [-0.1, -0.05) is 194 Å². The number of rotatable bonds is 7. The molecule has 0 fully saturated rings. The predicted octanol–water partition coefficient (Wildman–Crippen LogP) is 16.0. The van der Waals surface area contributed by atoms with Gasteiger partial charge in [0, 0.05) is 38.4 Å². The Bertz CT molecular complexity index is 3300. The van der Waals surface area contributed by atoms with Crippen LogP contribution in [0.1, 0.15) is 0 Å². The molecule has 58 heavy (non-hydrogen) atoms. The molecule has 0 saturated heterocycles. The standard InChI is InChI=1S/C56H37NO/c1-2-17-39(18-3-1)44-25-8-11-32-52(44)57(54-34-13-10-28-49(54)48-30-15-21-38-19-4-6-24-43(38)48)53-33-12-9-26-45(53)41-22-14-23-42(37-41)47-29-16-31-50-51-36-35-40-20-5-7-27-46(40)55(51)58-56(47)50/h1-37H. The maximum Gasteiger partial charge on any atom is 0.143 e. The van der Waals surface area contributed by atoms with Gasteiger partial charge in [0.2, 0.25) is 0 Å². The minimum atomic E-state index is 0.904. The molecule has 0 spiro atoms. The summed E-state index contributed by atoms with van der Waals surface area (Å²) in [6, 6.07) is 80.7. The van der Waals surface area contributed by atoms with E-state index in [2.05, 4.69) is 229 Å². The highest BCUT2D eigenvalue weighted by Gasteiger charge is 2.24. The summed E-state index contributed by atoms with van der Waals surface area (Å²) >= 11 is 0. The van der Waals surface area contributed by atoms with Crippen LogP contribution in [0, 0.1) is 0 Å². The van der Waals surface area contributed by atoms with Gasteiger partial charge in [-0.3, -0.25) is 0 Å². The van der Waals surface area contributed by atoms with Crippen molar-refractivity contribution in [1.29, 1.82) is 0 Å². The van der Waals surface area contributed by atoms with Crippen molar-refractivity contribution in [3.05, 3.63) is 224 Å². The number of benzene rings is 10. The van der Waals surface area contributed by atoms with Crippen molar-refractivity contribution in [2.24, 2.45) is 0 Å². The van der Waals surface area contributed by atoms with Crippen LogP contribution < -0.4 is 4.90 Å². The first-order valence-corrected chi connectivity index (χ1v) is 19.8. The van der Waals surface area contributed by atoms with Crippen molar-refractivity contribution in [3.8, 4) is 44.5 Å². The van der Waals surface area contributed by atoms with Crippen molar-refractivity contribution >= 4 is 60.5 Å². The fraction of sp³-hybridized carbons (Fsp3) is 0. The molecule has 2 heteroatoms. The summed E-state index contributed by atoms with van der Waals surface area (Å²) in [6.45, 7) is 0. The Labute approximate surface area is 337 Å². The van der Waals surface area contributed by atoms with Crippen molar-refractivity contribution in [2.45, 2.75) is 0 Å². The Balaban J connectivity index is 1.13. The Morgan fingerprint density at radius 3 is 1.47 bits per heavy atom. The van der Waals surface area contributed by atoms with Crippen molar-refractivity contribution in [1.82, 2.24) is 0 Å². The quantitative estimate of drug-likeness (QED) is 0.162. The summed E-state index contributed by atoms with van der Waals surface area (Å²) in [5, 5.41) is 7.00. The Morgan fingerprint density at radius 2 is 0.707 bits per heavy atom. The minimum absolute atomic E-state index is 0.904. The van der Waals surface area contributed by atoms with Gasteiger partial charge in [0.05, 0.1) is 17.1 Å². The molecule has 2 nitrogen and oxygen atoms in total. The highest BCUT2D eigenvalue weighted by atomic mass is 16.3. The summed E-state index contributed by atoms with van der Waals surface area (Å²) in [4.78, 5) is 2.46. The molecule has 0 unspecified atom stereocenters. The van der Waals surface area contributed by atoms with Gasteiger partial charge in [0.15, 0.2) is 0 Å². The number of fused-ring (bicyclic) bond motifs is 6. The lowest BCUT2D eigenvalue weighted by atomic mass is 9.93. The number of hydrogen-bond acceptors (Lipinski definition) is 2. The second-order valence-electron chi connectivity index (χ2n) is 14.8. The van der Waals surface area contributed by atoms with Gasteiger partial charge >= 0.3 is 0 Å². The molecule has 11 rings (SSSR count). The van der Waals surface area contributed by atoms with Crippen molar-refractivity contribution in [3.63, 3.8) is 0 Å². The summed E-state index contributed by atoms with van der Waals surface area (Å²) < 4.78 is 6.81. The van der Waals surface area contributed by atoms with E-state index in [1.54, 1.807) is 0 Å². The lowest BCUT2D eigenvalue weighted by molar-refractivity contribution is 0.674. The maximum atomic E-state index is 6.81. The maximum absolute atomic E-state index is 6.81. The largest absolute Gasteiger partial charge is 0.455 e. The molecule has 10 aromatic carbocycles. The van der Waals surface area contributed by atoms with E-state index in [1.807, 2.05) is 0 Å². The van der Waals surface area contributed by atoms with E-state index in [9.17, 15) is 0 Å². The topological polar surface area (TPSA) is 16.4 Å². The summed E-state index contributed by atoms with van der Waals surface area (Å²) in [5.41, 5.74) is 14.2. The van der Waals surface area contributed by atoms with Crippen LogP contribution >= 0.6 is 0 Å². The van der Waals surface area contributed by atoms with Crippen LogP contribution in [0.15, 0.2) is 229 Å². The van der Waals surface area contributed by atoms with Crippen LogP contribution in [0.2, 0.25) is 0 Å². The molecule has 0 bridgehead atoms. The molecule has 272 valence electrons. The molecule has 0 N–H and O–H groups in total. The van der Waals surface area contributed by atoms with E-state index in [1.165, 1.54) is 21.7 Å². The first-order valence-electron chi connectivity index (χ1n) is 19.8. The smallest absolute Gasteiger partial charge is 0.143 e. The van der Waals surface area contributed by atoms with Gasteiger partial charge in [0.25, 0.3) is 0 Å². The zero-order valence-corrected chi connectivity index (χ0v) is 31.7. The third kappa shape index (κ3) is 5.66. The molecule has 0 atom stereocenters. The van der Waals surface area contributed by atoms with Gasteiger partial charge < -0.3 is 9.32 Å². The minimum Gasteiger partial charge on any atom is -0.455 e. The molecule has 1 heterocycles. The third-order valence-electron chi connectivity index (χ3n) is 11.5. The second kappa shape index (κ2) is 14.1. The monoisotopic (exact) mass is 739 g/mol. The Morgan fingerprint density at radius 1 is 0.259 bits per heavy atom. The molecule has 11 aromatic rings. The first kappa shape index (κ1) is 33.6. The zero-order chi connectivity index (χ0) is 38.4. The second-order valence-corrected chi connectivity index (χ2v) is 14.8. The van der Waals surface area contributed by atoms with Crippen LogP contribution in [0.3, 0.4) is 0 Å². The van der Waals surface area contributed by atoms with Crippen LogP contribution in [0.5, 0.6) is 0 Å². The van der Waals surface area contributed by atoms with Gasteiger partial charge in [-0.25, -0.2) is 0 Å². The lowest BCUT2D eigenvalue weighted by Crippen LogP contribution is -2.13. The number of nitrogens with zero attached hydrogens (tertiary/aromatic N) is 1. The predicted molar refractivity (Wildman–Crippen MR) is 245 cm³/mol. The van der Waals surface area contributed by atoms with E-state index in [0.29, 0.717) is 0 Å². The molecular weight excluding hydrogens is 703 g/mol. The molecule has 0 saturated carbocycles. The van der Waals surface area contributed by atoms with Gasteiger partial charge in [0.1, 0.15) is 11.2 Å². The highest BCUT2D eigenvalue weighted by molar-refractivity contribution is 6.17. The van der Waals surface area contributed by atoms with Crippen LogP contribution in [0.25, 0.3) is 88.0 Å². The highest BCUT2D eigenvalue weighted by Crippen LogP contribution is 2.49. The Kier molecular flexibility index (Phi) is 8.19. The average molecular weight is 740 g/mol. The number of furan rings is 1. The number of hydrogen-bond donors (Lipinski definition) is 0. The Hall–Kier alpha value is -7.68. The molecule has 0 amide bonds. The van der Waals surface area contributed by atoms with E-state index in [4.69, 9.17) is 4.42 Å². The summed E-state index contributed by atoms with van der Waals surface area (Å²) in [5.74, 6) is 0. The zero-order valence-electron chi connectivity index (χ0n) is 31.7. The first-order chi connectivity index (χ1) is 28.8. The van der Waals surface area contributed by atoms with E-state index >= 15 is 0 Å². The average Bonchev–Trinajstić information content (AvgIpc) is 3.70. The molecule has 0 aliphatic heterocycles. The van der Waals surface area contributed by atoms with Crippen LogP contribution in [-0.4, -0.2) is 0 Å². The SMILES string of the molecule is c1ccc(-c2ccccc2N(c2ccccc2-c2cccc(-c3cccc4c3oc3c5ccccc5ccc43)c2)c2ccccc2-c2cccc3ccccc23)cc1. The molecule has 0 aliphatic carbocycles. The van der Waals surface area contributed by atoms with Crippen LogP contribution in [-0.2, 0) is 0 Å². The van der Waals surface area contributed by atoms with Gasteiger partial charge in [-0.05, 0) is 68.7 Å². The van der Waals surface area contributed by atoms with Crippen LogP contribution in [0.4, 0.5) is 17.1 Å². The summed E-state index contributed by atoms with van der Waals surface area (Å²) in [6.07, 6.45) is 0. The number of para-hydroxylation sites is 4. The van der Waals surface area contributed by atoms with E-state index < -0.39 is 0 Å². The van der Waals surface area contributed by atoms with Gasteiger partial charge in [-0.2, -0.15) is 0 Å². The molecular formula is C56H37NO. The van der Waals surface area contributed by atoms with E-state index in [0.717, 1.165) is 83.3 Å². The van der Waals surface area contributed by atoms with E-state index in [-0.39, 0.29) is 0 Å². The fourth-order valence-corrected chi connectivity index (χ4v) is 8.80. The third-order valence-corrected chi connectivity index (χ3v) is 11.5.